The number of halogens is 2. The first-order valence-electron chi connectivity index (χ1n) is 7.09. The van der Waals surface area contributed by atoms with E-state index in [1.54, 1.807) is 22.9 Å². The Labute approximate surface area is 147 Å². The molecule has 1 aromatic carbocycles. The number of rotatable bonds is 2. The fourth-order valence-electron chi connectivity index (χ4n) is 2.59. The standard InChI is InChI=1S/C15H15Cl2N3O2S/c1-7(2)20-14-12(15(22)19-20)13(23-6-11(21)18-14)9-4-3-8(16)5-10(9)17/h3-5,7,13H,6H2,1-2H3,(H,18,21)(H,19,22)/t13-/m0/s1. The number of aromatic amines is 1. The van der Waals surface area contributed by atoms with Crippen molar-refractivity contribution in [2.45, 2.75) is 25.1 Å². The topological polar surface area (TPSA) is 66.9 Å². The molecule has 0 bridgehead atoms. The Hall–Kier alpha value is -1.37. The molecule has 0 fully saturated rings. The second-order valence-electron chi connectivity index (χ2n) is 5.57. The molecular weight excluding hydrogens is 357 g/mol. The van der Waals surface area contributed by atoms with E-state index < -0.39 is 0 Å². The highest BCUT2D eigenvalue weighted by Crippen LogP contribution is 2.43. The lowest BCUT2D eigenvalue weighted by Crippen LogP contribution is -2.17. The molecule has 0 unspecified atom stereocenters. The number of aromatic nitrogens is 2. The Bertz CT molecular complexity index is 829. The lowest BCUT2D eigenvalue weighted by Gasteiger charge is -2.16. The van der Waals surface area contributed by atoms with Crippen molar-refractivity contribution in [3.8, 4) is 0 Å². The molecule has 8 heteroatoms. The first-order valence-corrected chi connectivity index (χ1v) is 8.89. The van der Waals surface area contributed by atoms with Gasteiger partial charge in [0.2, 0.25) is 5.91 Å². The minimum absolute atomic E-state index is 0.0104. The van der Waals surface area contributed by atoms with E-state index in [1.165, 1.54) is 11.8 Å². The molecule has 2 aromatic rings. The number of anilines is 1. The van der Waals surface area contributed by atoms with Crippen LogP contribution in [0.1, 0.15) is 36.3 Å². The number of nitrogens with one attached hydrogen (secondary N) is 2. The maximum Gasteiger partial charge on any atom is 0.270 e. The average Bonchev–Trinajstić information content (AvgIpc) is 2.68. The summed E-state index contributed by atoms with van der Waals surface area (Å²) in [6, 6.07) is 5.19. The van der Waals surface area contributed by atoms with E-state index in [1.807, 2.05) is 13.8 Å². The number of carbonyl (C=O) groups excluding carboxylic acids is 1. The average molecular weight is 372 g/mol. The molecule has 2 N–H and O–H groups in total. The molecule has 1 atom stereocenters. The van der Waals surface area contributed by atoms with Gasteiger partial charge in [0.15, 0.2) is 0 Å². The number of hydrogen-bond acceptors (Lipinski definition) is 3. The van der Waals surface area contributed by atoms with Crippen LogP contribution in [-0.4, -0.2) is 21.4 Å². The van der Waals surface area contributed by atoms with Crippen LogP contribution in [0.5, 0.6) is 0 Å². The van der Waals surface area contributed by atoms with Crippen molar-refractivity contribution < 1.29 is 4.79 Å². The number of amides is 1. The molecule has 0 aliphatic carbocycles. The van der Waals surface area contributed by atoms with Crippen LogP contribution in [0.4, 0.5) is 5.82 Å². The molecule has 2 heterocycles. The Balaban J connectivity index is 2.21. The molecule has 0 spiro atoms. The van der Waals surface area contributed by atoms with Crippen molar-refractivity contribution in [3.63, 3.8) is 0 Å². The Morgan fingerprint density at radius 2 is 2.04 bits per heavy atom. The van der Waals surface area contributed by atoms with E-state index in [0.29, 0.717) is 21.4 Å². The van der Waals surface area contributed by atoms with Gasteiger partial charge in [0.1, 0.15) is 5.82 Å². The number of fused-ring (bicyclic) bond motifs is 1. The van der Waals surface area contributed by atoms with E-state index in [-0.39, 0.29) is 28.5 Å². The molecule has 0 saturated heterocycles. The molecular formula is C15H15Cl2N3O2S. The normalized spacial score (nSPS) is 17.8. The number of nitrogens with zero attached hydrogens (tertiary/aromatic N) is 1. The second kappa shape index (κ2) is 6.26. The summed E-state index contributed by atoms with van der Waals surface area (Å²) >= 11 is 13.7. The summed E-state index contributed by atoms with van der Waals surface area (Å²) in [6.07, 6.45) is 0. The minimum Gasteiger partial charge on any atom is -0.310 e. The van der Waals surface area contributed by atoms with Gasteiger partial charge in [0.25, 0.3) is 5.56 Å². The lowest BCUT2D eigenvalue weighted by molar-refractivity contribution is -0.113. The van der Waals surface area contributed by atoms with E-state index in [4.69, 9.17) is 23.2 Å². The first kappa shape index (κ1) is 16.5. The zero-order chi connectivity index (χ0) is 16.7. The monoisotopic (exact) mass is 371 g/mol. The van der Waals surface area contributed by atoms with E-state index in [9.17, 15) is 9.59 Å². The van der Waals surface area contributed by atoms with Gasteiger partial charge >= 0.3 is 0 Å². The fourth-order valence-corrected chi connectivity index (χ4v) is 4.33. The maximum atomic E-state index is 12.5. The van der Waals surface area contributed by atoms with Crippen molar-refractivity contribution in [1.82, 2.24) is 9.78 Å². The summed E-state index contributed by atoms with van der Waals surface area (Å²) in [5, 5.41) is 6.30. The zero-order valence-electron chi connectivity index (χ0n) is 12.5. The van der Waals surface area contributed by atoms with Gasteiger partial charge < -0.3 is 5.32 Å². The predicted octanol–water partition coefficient (Wildman–Crippen LogP) is 3.84. The van der Waals surface area contributed by atoms with Crippen LogP contribution in [0.2, 0.25) is 10.0 Å². The van der Waals surface area contributed by atoms with E-state index in [2.05, 4.69) is 10.4 Å². The number of hydrogen-bond donors (Lipinski definition) is 2. The Kier molecular flexibility index (Phi) is 4.49. The van der Waals surface area contributed by atoms with Crippen molar-refractivity contribution >= 4 is 46.7 Å². The highest BCUT2D eigenvalue weighted by Gasteiger charge is 2.31. The quantitative estimate of drug-likeness (QED) is 0.842. The SMILES string of the molecule is CC(C)n1[nH]c(=O)c2c1NC(=O)CS[C@H]2c1ccc(Cl)cc1Cl. The Morgan fingerprint density at radius 3 is 2.70 bits per heavy atom. The maximum absolute atomic E-state index is 12.5. The van der Waals surface area contributed by atoms with Crippen LogP contribution in [0, 0.1) is 0 Å². The number of thioether (sulfide) groups is 1. The summed E-state index contributed by atoms with van der Waals surface area (Å²) in [4.78, 5) is 24.5. The predicted molar refractivity (Wildman–Crippen MR) is 94.8 cm³/mol. The van der Waals surface area contributed by atoms with Gasteiger partial charge in [-0.25, -0.2) is 0 Å². The Morgan fingerprint density at radius 1 is 1.30 bits per heavy atom. The molecule has 1 aliphatic rings. The van der Waals surface area contributed by atoms with Crippen molar-refractivity contribution in [2.24, 2.45) is 0 Å². The highest BCUT2D eigenvalue weighted by molar-refractivity contribution is 8.00. The molecule has 0 radical (unpaired) electrons. The molecule has 3 rings (SSSR count). The molecule has 23 heavy (non-hydrogen) atoms. The molecule has 5 nitrogen and oxygen atoms in total. The van der Waals surface area contributed by atoms with Crippen LogP contribution in [-0.2, 0) is 4.79 Å². The van der Waals surface area contributed by atoms with Crippen LogP contribution in [0.25, 0.3) is 0 Å². The van der Waals surface area contributed by atoms with Gasteiger partial charge in [-0.3, -0.25) is 19.4 Å². The van der Waals surface area contributed by atoms with Crippen LogP contribution in [0.3, 0.4) is 0 Å². The smallest absolute Gasteiger partial charge is 0.270 e. The lowest BCUT2D eigenvalue weighted by atomic mass is 10.1. The van der Waals surface area contributed by atoms with Crippen molar-refractivity contribution in [1.29, 1.82) is 0 Å². The molecule has 1 aromatic heterocycles. The van der Waals surface area contributed by atoms with Gasteiger partial charge in [-0.05, 0) is 31.5 Å². The highest BCUT2D eigenvalue weighted by atomic mass is 35.5. The summed E-state index contributed by atoms with van der Waals surface area (Å²) in [5.74, 6) is 0.615. The third kappa shape index (κ3) is 3.03. The summed E-state index contributed by atoms with van der Waals surface area (Å²) in [7, 11) is 0. The van der Waals surface area contributed by atoms with Gasteiger partial charge in [-0.2, -0.15) is 0 Å². The molecule has 1 amide bonds. The van der Waals surface area contributed by atoms with Crippen LogP contribution in [0.15, 0.2) is 23.0 Å². The number of H-pyrrole nitrogens is 1. The van der Waals surface area contributed by atoms with Gasteiger partial charge in [-0.15, -0.1) is 11.8 Å². The molecule has 122 valence electrons. The van der Waals surface area contributed by atoms with Crippen molar-refractivity contribution in [3.05, 3.63) is 49.7 Å². The molecule has 0 saturated carbocycles. The second-order valence-corrected chi connectivity index (χ2v) is 7.51. The largest absolute Gasteiger partial charge is 0.310 e. The third-order valence-electron chi connectivity index (χ3n) is 3.63. The van der Waals surface area contributed by atoms with Gasteiger partial charge in [-0.1, -0.05) is 29.3 Å². The minimum atomic E-state index is -0.336. The summed E-state index contributed by atoms with van der Waals surface area (Å²) < 4.78 is 1.68. The number of benzene rings is 1. The van der Waals surface area contributed by atoms with Gasteiger partial charge in [0.05, 0.1) is 16.6 Å². The van der Waals surface area contributed by atoms with Crippen molar-refractivity contribution in [2.75, 3.05) is 11.1 Å². The summed E-state index contributed by atoms with van der Waals surface area (Å²) in [6.45, 7) is 3.87. The van der Waals surface area contributed by atoms with E-state index in [0.717, 1.165) is 5.56 Å². The zero-order valence-corrected chi connectivity index (χ0v) is 14.9. The fraction of sp³-hybridized carbons (Fsp3) is 0.333. The van der Waals surface area contributed by atoms with Gasteiger partial charge in [0, 0.05) is 16.1 Å². The van der Waals surface area contributed by atoms with E-state index >= 15 is 0 Å². The number of carbonyl (C=O) groups is 1. The third-order valence-corrected chi connectivity index (χ3v) is 5.44. The van der Waals surface area contributed by atoms with Crippen LogP contribution >= 0.6 is 35.0 Å². The molecule has 1 aliphatic heterocycles. The van der Waals surface area contributed by atoms with Crippen LogP contribution < -0.4 is 10.9 Å². The first-order chi connectivity index (χ1) is 10.9. The summed E-state index contributed by atoms with van der Waals surface area (Å²) in [5.41, 5.74) is 1.06.